The molecule has 0 unspecified atom stereocenters. The van der Waals surface area contributed by atoms with Crippen LogP contribution in [0, 0.1) is 6.07 Å². The van der Waals surface area contributed by atoms with Gasteiger partial charge in [0, 0.05) is 12.0 Å². The Kier molecular flexibility index (Phi) is 2.87. The highest BCUT2D eigenvalue weighted by atomic mass is 14.6. The van der Waals surface area contributed by atoms with Crippen LogP contribution in [-0.2, 0) is 5.41 Å². The molecule has 0 spiro atoms. The van der Waals surface area contributed by atoms with Crippen molar-refractivity contribution in [2.24, 2.45) is 5.73 Å². The average molecular weight is 188 g/mol. The summed E-state index contributed by atoms with van der Waals surface area (Å²) < 4.78 is 0. The first-order chi connectivity index (χ1) is 6.87. The molecule has 0 atom stereocenters. The third-order valence-electron chi connectivity index (χ3n) is 3.53. The molecule has 0 aromatic heterocycles. The maximum Gasteiger partial charge on any atom is 0.00755 e. The molecule has 0 saturated heterocycles. The molecule has 1 aliphatic carbocycles. The van der Waals surface area contributed by atoms with Gasteiger partial charge in [0.2, 0.25) is 0 Å². The number of nitrogens with two attached hydrogens (primary N) is 1. The quantitative estimate of drug-likeness (QED) is 0.758. The first kappa shape index (κ1) is 9.72. The predicted octanol–water partition coefficient (Wildman–Crippen LogP) is 2.65. The third-order valence-corrected chi connectivity index (χ3v) is 3.53. The van der Waals surface area contributed by atoms with E-state index in [1.165, 1.54) is 37.7 Å². The van der Waals surface area contributed by atoms with Gasteiger partial charge in [-0.1, -0.05) is 43.5 Å². The minimum Gasteiger partial charge on any atom is -0.330 e. The zero-order valence-corrected chi connectivity index (χ0v) is 8.63. The van der Waals surface area contributed by atoms with Crippen LogP contribution in [0.4, 0.5) is 0 Å². The largest absolute Gasteiger partial charge is 0.330 e. The minimum atomic E-state index is 0.271. The molecule has 0 bridgehead atoms. The van der Waals surface area contributed by atoms with E-state index in [0.717, 1.165) is 6.54 Å². The third kappa shape index (κ3) is 1.69. The predicted molar refractivity (Wildman–Crippen MR) is 59.1 cm³/mol. The number of hydrogen-bond donors (Lipinski definition) is 1. The first-order valence-corrected chi connectivity index (χ1v) is 5.54. The molecule has 1 nitrogen and oxygen atoms in total. The fraction of sp³-hybridized carbons (Fsp3) is 0.538. The smallest absolute Gasteiger partial charge is 0.00755 e. The van der Waals surface area contributed by atoms with Gasteiger partial charge in [0.05, 0.1) is 0 Å². The van der Waals surface area contributed by atoms with E-state index in [-0.39, 0.29) is 5.41 Å². The highest BCUT2D eigenvalue weighted by Gasteiger charge is 2.31. The molecule has 1 radical (unpaired) electrons. The number of benzene rings is 1. The second-order valence-corrected chi connectivity index (χ2v) is 4.33. The molecule has 1 saturated carbocycles. The Hall–Kier alpha value is -0.820. The Balaban J connectivity index is 2.27. The lowest BCUT2D eigenvalue weighted by atomic mass is 9.69. The lowest BCUT2D eigenvalue weighted by molar-refractivity contribution is 0.301. The van der Waals surface area contributed by atoms with Crippen LogP contribution in [0.1, 0.15) is 37.7 Å². The monoisotopic (exact) mass is 188 g/mol. The van der Waals surface area contributed by atoms with Crippen LogP contribution in [0.5, 0.6) is 0 Å². The SMILES string of the molecule is NCC1(c2cc[c]cc2)CCCCC1. The molecule has 1 aromatic carbocycles. The van der Waals surface area contributed by atoms with E-state index in [4.69, 9.17) is 5.73 Å². The molecule has 0 heterocycles. The van der Waals surface area contributed by atoms with Gasteiger partial charge in [-0.15, -0.1) is 0 Å². The van der Waals surface area contributed by atoms with Crippen molar-refractivity contribution in [3.63, 3.8) is 0 Å². The first-order valence-electron chi connectivity index (χ1n) is 5.54. The van der Waals surface area contributed by atoms with Crippen molar-refractivity contribution in [3.8, 4) is 0 Å². The molecule has 2 N–H and O–H groups in total. The van der Waals surface area contributed by atoms with E-state index in [9.17, 15) is 0 Å². The highest BCUT2D eigenvalue weighted by Crippen LogP contribution is 2.38. The summed E-state index contributed by atoms with van der Waals surface area (Å²) in [5, 5.41) is 0. The molecular weight excluding hydrogens is 170 g/mol. The van der Waals surface area contributed by atoms with Crippen LogP contribution in [-0.4, -0.2) is 6.54 Å². The fourth-order valence-electron chi connectivity index (χ4n) is 2.58. The molecule has 0 amide bonds. The lowest BCUT2D eigenvalue weighted by Crippen LogP contribution is -2.37. The molecule has 1 aromatic rings. The molecule has 75 valence electrons. The average Bonchev–Trinajstić information content (AvgIpc) is 2.31. The van der Waals surface area contributed by atoms with Crippen molar-refractivity contribution in [1.82, 2.24) is 0 Å². The molecule has 2 rings (SSSR count). The highest BCUT2D eigenvalue weighted by molar-refractivity contribution is 5.26. The van der Waals surface area contributed by atoms with E-state index < -0.39 is 0 Å². The second kappa shape index (κ2) is 4.14. The zero-order valence-electron chi connectivity index (χ0n) is 8.63. The summed E-state index contributed by atoms with van der Waals surface area (Å²) in [4.78, 5) is 0. The summed E-state index contributed by atoms with van der Waals surface area (Å²) in [6.07, 6.45) is 6.55. The summed E-state index contributed by atoms with van der Waals surface area (Å²) in [6, 6.07) is 11.4. The van der Waals surface area contributed by atoms with Crippen LogP contribution < -0.4 is 5.73 Å². The van der Waals surface area contributed by atoms with Gasteiger partial charge in [0.1, 0.15) is 0 Å². The van der Waals surface area contributed by atoms with E-state index in [1.54, 1.807) is 0 Å². The van der Waals surface area contributed by atoms with Gasteiger partial charge in [-0.3, -0.25) is 0 Å². The van der Waals surface area contributed by atoms with E-state index >= 15 is 0 Å². The van der Waals surface area contributed by atoms with Crippen LogP contribution in [0.2, 0.25) is 0 Å². The van der Waals surface area contributed by atoms with Crippen molar-refractivity contribution in [3.05, 3.63) is 35.9 Å². The Morgan fingerprint density at radius 3 is 2.36 bits per heavy atom. The Morgan fingerprint density at radius 1 is 1.14 bits per heavy atom. The van der Waals surface area contributed by atoms with Crippen LogP contribution in [0.15, 0.2) is 24.3 Å². The Morgan fingerprint density at radius 2 is 1.79 bits per heavy atom. The van der Waals surface area contributed by atoms with E-state index in [0.29, 0.717) is 0 Å². The standard InChI is InChI=1S/C13H18N/c14-11-13(9-5-2-6-10-13)12-7-3-1-4-8-12/h3-4,7-8H,2,5-6,9-11,14H2. The molecule has 1 fully saturated rings. The van der Waals surface area contributed by atoms with Crippen LogP contribution >= 0.6 is 0 Å². The summed E-state index contributed by atoms with van der Waals surface area (Å²) >= 11 is 0. The normalized spacial score (nSPS) is 20.6. The van der Waals surface area contributed by atoms with Crippen molar-refractivity contribution >= 4 is 0 Å². The van der Waals surface area contributed by atoms with Crippen LogP contribution in [0.25, 0.3) is 0 Å². The maximum absolute atomic E-state index is 5.96. The summed E-state index contributed by atoms with van der Waals surface area (Å²) in [5.41, 5.74) is 7.65. The minimum absolute atomic E-state index is 0.271. The summed E-state index contributed by atoms with van der Waals surface area (Å²) in [5.74, 6) is 0. The zero-order chi connectivity index (χ0) is 9.86. The molecule has 1 heteroatoms. The van der Waals surface area contributed by atoms with Crippen LogP contribution in [0.3, 0.4) is 0 Å². The van der Waals surface area contributed by atoms with Crippen molar-refractivity contribution in [2.45, 2.75) is 37.5 Å². The van der Waals surface area contributed by atoms with Crippen molar-refractivity contribution in [1.29, 1.82) is 0 Å². The van der Waals surface area contributed by atoms with Crippen molar-refractivity contribution in [2.75, 3.05) is 6.54 Å². The molecule has 14 heavy (non-hydrogen) atoms. The van der Waals surface area contributed by atoms with Gasteiger partial charge in [0.25, 0.3) is 0 Å². The van der Waals surface area contributed by atoms with Gasteiger partial charge < -0.3 is 5.73 Å². The Labute approximate surface area is 86.3 Å². The Bertz CT molecular complexity index is 273. The summed E-state index contributed by atoms with van der Waals surface area (Å²) in [7, 11) is 0. The van der Waals surface area contributed by atoms with E-state index in [1.807, 2.05) is 12.1 Å². The van der Waals surface area contributed by atoms with Gasteiger partial charge in [0.15, 0.2) is 0 Å². The topological polar surface area (TPSA) is 26.0 Å². The van der Waals surface area contributed by atoms with Gasteiger partial charge >= 0.3 is 0 Å². The lowest BCUT2D eigenvalue weighted by Gasteiger charge is -2.36. The summed E-state index contributed by atoms with van der Waals surface area (Å²) in [6.45, 7) is 0.789. The number of rotatable bonds is 2. The van der Waals surface area contributed by atoms with Crippen molar-refractivity contribution < 1.29 is 0 Å². The molecule has 0 aliphatic heterocycles. The number of hydrogen-bond acceptors (Lipinski definition) is 1. The van der Waals surface area contributed by atoms with Gasteiger partial charge in [-0.2, -0.15) is 0 Å². The molecule has 1 aliphatic rings. The second-order valence-electron chi connectivity index (χ2n) is 4.33. The van der Waals surface area contributed by atoms with Gasteiger partial charge in [-0.05, 0) is 24.5 Å². The van der Waals surface area contributed by atoms with Gasteiger partial charge in [-0.25, -0.2) is 0 Å². The molecular formula is C13H18N. The fourth-order valence-corrected chi connectivity index (χ4v) is 2.58. The van der Waals surface area contributed by atoms with E-state index in [2.05, 4.69) is 18.2 Å². The maximum atomic E-state index is 5.96.